The third-order valence-corrected chi connectivity index (χ3v) is 4.62. The second-order valence-electron chi connectivity index (χ2n) is 6.04. The SMILES string of the molecule is CCC1CCC2=C(C1=O)C(C)(C)C(C)(C)O2. The molecule has 0 aromatic carbocycles. The van der Waals surface area contributed by atoms with Crippen LogP contribution < -0.4 is 0 Å². The summed E-state index contributed by atoms with van der Waals surface area (Å²) in [5.74, 6) is 1.51. The van der Waals surface area contributed by atoms with E-state index < -0.39 is 0 Å². The lowest BCUT2D eigenvalue weighted by Crippen LogP contribution is -2.39. The van der Waals surface area contributed by atoms with Crippen molar-refractivity contribution in [3.63, 3.8) is 0 Å². The van der Waals surface area contributed by atoms with Crippen LogP contribution >= 0.6 is 0 Å². The van der Waals surface area contributed by atoms with Crippen molar-refractivity contribution in [3.8, 4) is 0 Å². The van der Waals surface area contributed by atoms with Crippen LogP contribution in [0.5, 0.6) is 0 Å². The van der Waals surface area contributed by atoms with E-state index in [9.17, 15) is 4.79 Å². The van der Waals surface area contributed by atoms with Crippen molar-refractivity contribution in [1.82, 2.24) is 0 Å². The molecule has 0 aromatic heterocycles. The first-order valence-electron chi connectivity index (χ1n) is 6.28. The largest absolute Gasteiger partial charge is 0.491 e. The van der Waals surface area contributed by atoms with Crippen LogP contribution in [0.25, 0.3) is 0 Å². The maximum absolute atomic E-state index is 12.4. The second kappa shape index (κ2) is 3.35. The maximum atomic E-state index is 12.4. The highest BCUT2D eigenvalue weighted by Crippen LogP contribution is 2.53. The summed E-state index contributed by atoms with van der Waals surface area (Å²) in [5.41, 5.74) is 0.555. The van der Waals surface area contributed by atoms with E-state index in [0.29, 0.717) is 5.78 Å². The lowest BCUT2D eigenvalue weighted by molar-refractivity contribution is -0.121. The molecule has 90 valence electrons. The van der Waals surface area contributed by atoms with Crippen molar-refractivity contribution in [1.29, 1.82) is 0 Å². The third-order valence-electron chi connectivity index (χ3n) is 4.62. The van der Waals surface area contributed by atoms with Gasteiger partial charge in [0.2, 0.25) is 0 Å². The summed E-state index contributed by atoms with van der Waals surface area (Å²) in [6.07, 6.45) is 2.85. The molecule has 0 amide bonds. The van der Waals surface area contributed by atoms with Crippen molar-refractivity contribution in [2.24, 2.45) is 11.3 Å². The number of ether oxygens (including phenoxy) is 1. The molecule has 1 heterocycles. The molecule has 2 nitrogen and oxygen atoms in total. The molecule has 0 spiro atoms. The Bertz CT molecular complexity index is 361. The van der Waals surface area contributed by atoms with E-state index >= 15 is 0 Å². The molecular weight excluding hydrogens is 200 g/mol. The van der Waals surface area contributed by atoms with Gasteiger partial charge in [0.15, 0.2) is 5.78 Å². The number of Topliss-reactive ketones (excluding diaryl/α,β-unsaturated/α-hetero) is 1. The van der Waals surface area contributed by atoms with Gasteiger partial charge in [0, 0.05) is 23.3 Å². The summed E-state index contributed by atoms with van der Waals surface area (Å²) in [5, 5.41) is 0. The van der Waals surface area contributed by atoms with Gasteiger partial charge in [-0.25, -0.2) is 0 Å². The molecule has 1 atom stereocenters. The standard InChI is InChI=1S/C14H22O2/c1-6-9-7-8-10-11(12(9)15)13(2,3)14(4,5)16-10/h9H,6-8H2,1-5H3. The molecule has 2 heteroatoms. The van der Waals surface area contributed by atoms with Gasteiger partial charge >= 0.3 is 0 Å². The molecule has 2 aliphatic rings. The molecule has 2 rings (SSSR count). The molecule has 1 unspecified atom stereocenters. The van der Waals surface area contributed by atoms with Gasteiger partial charge in [-0.15, -0.1) is 0 Å². The third kappa shape index (κ3) is 1.35. The first-order chi connectivity index (χ1) is 7.31. The number of ketones is 1. The van der Waals surface area contributed by atoms with Gasteiger partial charge in [-0.1, -0.05) is 20.8 Å². The van der Waals surface area contributed by atoms with Crippen LogP contribution in [0.15, 0.2) is 11.3 Å². The highest BCUT2D eigenvalue weighted by atomic mass is 16.5. The molecule has 0 N–H and O–H groups in total. The minimum Gasteiger partial charge on any atom is -0.491 e. The average Bonchev–Trinajstić information content (AvgIpc) is 2.34. The highest BCUT2D eigenvalue weighted by Gasteiger charge is 2.53. The molecule has 0 saturated carbocycles. The Balaban J connectivity index is 2.43. The molecule has 1 aliphatic carbocycles. The van der Waals surface area contributed by atoms with E-state index in [0.717, 1.165) is 30.6 Å². The number of hydrogen-bond donors (Lipinski definition) is 0. The predicted octanol–water partition coefficient (Wildman–Crippen LogP) is 3.46. The Kier molecular flexibility index (Phi) is 2.45. The Labute approximate surface area is 98.1 Å². The van der Waals surface area contributed by atoms with E-state index in [1.165, 1.54) is 0 Å². The van der Waals surface area contributed by atoms with E-state index in [1.54, 1.807) is 0 Å². The van der Waals surface area contributed by atoms with Crippen LogP contribution in [0.1, 0.15) is 53.9 Å². The van der Waals surface area contributed by atoms with Crippen LogP contribution in [0, 0.1) is 11.3 Å². The van der Waals surface area contributed by atoms with Crippen LogP contribution in [0.2, 0.25) is 0 Å². The zero-order chi connectivity index (χ0) is 12.1. The smallest absolute Gasteiger partial charge is 0.165 e. The lowest BCUT2D eigenvalue weighted by Gasteiger charge is -2.35. The summed E-state index contributed by atoms with van der Waals surface area (Å²) in [6.45, 7) is 10.5. The Morgan fingerprint density at radius 3 is 2.50 bits per heavy atom. The minimum absolute atomic E-state index is 0.159. The number of carbonyl (C=O) groups excluding carboxylic acids is 1. The number of carbonyl (C=O) groups is 1. The van der Waals surface area contributed by atoms with Gasteiger partial charge in [-0.05, 0) is 26.7 Å². The molecule has 16 heavy (non-hydrogen) atoms. The Hall–Kier alpha value is -0.790. The van der Waals surface area contributed by atoms with E-state index in [-0.39, 0.29) is 16.9 Å². The van der Waals surface area contributed by atoms with Crippen molar-refractivity contribution in [2.45, 2.75) is 59.5 Å². The first-order valence-corrected chi connectivity index (χ1v) is 6.28. The monoisotopic (exact) mass is 222 g/mol. The van der Waals surface area contributed by atoms with Gasteiger partial charge < -0.3 is 4.74 Å². The van der Waals surface area contributed by atoms with Crippen molar-refractivity contribution in [2.75, 3.05) is 0 Å². The van der Waals surface area contributed by atoms with Crippen LogP contribution in [-0.2, 0) is 9.53 Å². The molecule has 0 aromatic rings. The number of rotatable bonds is 1. The van der Waals surface area contributed by atoms with Gasteiger partial charge in [0.25, 0.3) is 0 Å². The zero-order valence-electron chi connectivity index (χ0n) is 11.0. The van der Waals surface area contributed by atoms with Gasteiger partial charge in [-0.2, -0.15) is 0 Å². The molecule has 0 fully saturated rings. The average molecular weight is 222 g/mol. The molecule has 0 radical (unpaired) electrons. The normalized spacial score (nSPS) is 31.3. The van der Waals surface area contributed by atoms with Crippen molar-refractivity contribution < 1.29 is 9.53 Å². The fraction of sp³-hybridized carbons (Fsp3) is 0.786. The first kappa shape index (κ1) is 11.7. The summed E-state index contributed by atoms with van der Waals surface area (Å²) in [4.78, 5) is 12.4. The van der Waals surface area contributed by atoms with Gasteiger partial charge in [0.1, 0.15) is 11.4 Å². The van der Waals surface area contributed by atoms with Crippen LogP contribution in [0.4, 0.5) is 0 Å². The fourth-order valence-electron chi connectivity index (χ4n) is 2.79. The maximum Gasteiger partial charge on any atom is 0.165 e. The summed E-state index contributed by atoms with van der Waals surface area (Å²) in [6, 6.07) is 0. The molecule has 0 saturated heterocycles. The van der Waals surface area contributed by atoms with E-state index in [4.69, 9.17) is 4.74 Å². The van der Waals surface area contributed by atoms with E-state index in [1.807, 2.05) is 0 Å². The topological polar surface area (TPSA) is 26.3 Å². The van der Waals surface area contributed by atoms with Crippen LogP contribution in [-0.4, -0.2) is 11.4 Å². The van der Waals surface area contributed by atoms with E-state index in [2.05, 4.69) is 34.6 Å². The Morgan fingerprint density at radius 1 is 1.31 bits per heavy atom. The van der Waals surface area contributed by atoms with Crippen molar-refractivity contribution >= 4 is 5.78 Å². The number of hydrogen-bond acceptors (Lipinski definition) is 2. The lowest BCUT2D eigenvalue weighted by atomic mass is 9.68. The van der Waals surface area contributed by atoms with Crippen LogP contribution in [0.3, 0.4) is 0 Å². The van der Waals surface area contributed by atoms with Gasteiger partial charge in [0.05, 0.1) is 0 Å². The number of allylic oxidation sites excluding steroid dienone is 1. The summed E-state index contributed by atoms with van der Waals surface area (Å²) >= 11 is 0. The highest BCUT2D eigenvalue weighted by molar-refractivity contribution is 6.00. The second-order valence-corrected chi connectivity index (χ2v) is 6.04. The molecule has 0 bridgehead atoms. The van der Waals surface area contributed by atoms with Crippen molar-refractivity contribution in [3.05, 3.63) is 11.3 Å². The molecule has 1 aliphatic heterocycles. The Morgan fingerprint density at radius 2 is 1.94 bits per heavy atom. The minimum atomic E-state index is -0.254. The van der Waals surface area contributed by atoms with Gasteiger partial charge in [-0.3, -0.25) is 4.79 Å². The molecular formula is C14H22O2. The summed E-state index contributed by atoms with van der Waals surface area (Å²) in [7, 11) is 0. The zero-order valence-corrected chi connectivity index (χ0v) is 11.0. The predicted molar refractivity (Wildman–Crippen MR) is 64.0 cm³/mol. The summed E-state index contributed by atoms with van der Waals surface area (Å²) < 4.78 is 5.99. The fourth-order valence-corrected chi connectivity index (χ4v) is 2.79. The quantitative estimate of drug-likeness (QED) is 0.679.